The standard InChI is InChI=1S/C25H22N2/c1-4-17(5-2)24-20-11-7-9-13-22(20)25(18(6-3)15-19(27)16-26)23-14-10-8-12-21(23)24/h4-15H,1,27H2,2-3H3/b17-5+,18-6+,19-15-. The van der Waals surface area contributed by atoms with E-state index in [1.54, 1.807) is 6.08 Å². The van der Waals surface area contributed by atoms with Crippen molar-refractivity contribution in [3.05, 3.63) is 96.2 Å². The van der Waals surface area contributed by atoms with Crippen LogP contribution in [-0.2, 0) is 0 Å². The molecule has 27 heavy (non-hydrogen) atoms. The normalized spacial score (nSPS) is 13.0. The molecule has 0 aromatic heterocycles. The van der Waals surface area contributed by atoms with E-state index in [1.165, 1.54) is 5.56 Å². The molecular formula is C25H22N2. The molecule has 0 aliphatic carbocycles. The number of hydrogen-bond acceptors (Lipinski definition) is 2. The van der Waals surface area contributed by atoms with Crippen molar-refractivity contribution in [1.82, 2.24) is 0 Å². The molecule has 0 bridgehead atoms. The molecule has 0 aliphatic heterocycles. The van der Waals surface area contributed by atoms with Gasteiger partial charge in [0.25, 0.3) is 0 Å². The van der Waals surface area contributed by atoms with Crippen molar-refractivity contribution in [3.8, 4) is 6.07 Å². The number of rotatable bonds is 4. The molecule has 3 aromatic rings. The highest BCUT2D eigenvalue weighted by molar-refractivity contribution is 6.17. The molecule has 0 atom stereocenters. The smallest absolute Gasteiger partial charge is 0.117 e. The molecule has 0 saturated carbocycles. The van der Waals surface area contributed by atoms with Crippen LogP contribution in [0.1, 0.15) is 25.0 Å². The summed E-state index contributed by atoms with van der Waals surface area (Å²) in [6.45, 7) is 8.00. The minimum atomic E-state index is 0.195. The number of hydrogen-bond donors (Lipinski definition) is 1. The Bertz CT molecular complexity index is 1110. The molecule has 0 heterocycles. The average Bonchev–Trinajstić information content (AvgIpc) is 2.72. The van der Waals surface area contributed by atoms with E-state index < -0.39 is 0 Å². The summed E-state index contributed by atoms with van der Waals surface area (Å²) in [5, 5.41) is 13.7. The minimum absolute atomic E-state index is 0.195. The van der Waals surface area contributed by atoms with Gasteiger partial charge in [0.1, 0.15) is 11.8 Å². The molecule has 0 fully saturated rings. The maximum absolute atomic E-state index is 9.14. The second kappa shape index (κ2) is 7.76. The molecule has 3 aromatic carbocycles. The predicted molar refractivity (Wildman–Crippen MR) is 117 cm³/mol. The van der Waals surface area contributed by atoms with Crippen molar-refractivity contribution in [1.29, 1.82) is 5.26 Å². The summed E-state index contributed by atoms with van der Waals surface area (Å²) in [6, 6.07) is 18.7. The van der Waals surface area contributed by atoms with Crippen LogP contribution in [0.4, 0.5) is 0 Å². The van der Waals surface area contributed by atoms with Gasteiger partial charge in [-0.3, -0.25) is 0 Å². The number of allylic oxidation sites excluding steroid dienone is 7. The summed E-state index contributed by atoms with van der Waals surface area (Å²) in [4.78, 5) is 0. The summed E-state index contributed by atoms with van der Waals surface area (Å²) in [6.07, 6.45) is 7.74. The summed E-state index contributed by atoms with van der Waals surface area (Å²) in [5.74, 6) is 0. The molecule has 2 heteroatoms. The van der Waals surface area contributed by atoms with Crippen LogP contribution < -0.4 is 5.73 Å². The molecule has 0 radical (unpaired) electrons. The quantitative estimate of drug-likeness (QED) is 0.338. The second-order valence-electron chi connectivity index (χ2n) is 6.24. The molecule has 2 N–H and O–H groups in total. The maximum atomic E-state index is 9.14. The molecule has 0 amide bonds. The van der Waals surface area contributed by atoms with Crippen molar-refractivity contribution in [2.45, 2.75) is 13.8 Å². The van der Waals surface area contributed by atoms with Crippen LogP contribution in [0, 0.1) is 11.3 Å². The zero-order valence-corrected chi connectivity index (χ0v) is 15.7. The molecule has 3 rings (SSSR count). The highest BCUT2D eigenvalue weighted by atomic mass is 14.6. The Kier molecular flexibility index (Phi) is 5.24. The largest absolute Gasteiger partial charge is 0.390 e. The van der Waals surface area contributed by atoms with E-state index in [1.807, 2.05) is 44.2 Å². The van der Waals surface area contributed by atoms with Gasteiger partial charge >= 0.3 is 0 Å². The van der Waals surface area contributed by atoms with Crippen molar-refractivity contribution < 1.29 is 0 Å². The Balaban J connectivity index is 2.59. The fraction of sp³-hybridized carbons (Fsp3) is 0.0800. The zero-order chi connectivity index (χ0) is 19.4. The van der Waals surface area contributed by atoms with Gasteiger partial charge in [-0.05, 0) is 63.7 Å². The Morgan fingerprint density at radius 3 is 1.59 bits per heavy atom. The number of benzene rings is 3. The van der Waals surface area contributed by atoms with Crippen LogP contribution in [0.25, 0.3) is 32.7 Å². The van der Waals surface area contributed by atoms with Crippen LogP contribution in [-0.4, -0.2) is 0 Å². The number of fused-ring (bicyclic) bond motifs is 2. The van der Waals surface area contributed by atoms with Gasteiger partial charge in [0.2, 0.25) is 0 Å². The van der Waals surface area contributed by atoms with E-state index in [9.17, 15) is 0 Å². The fourth-order valence-electron chi connectivity index (χ4n) is 3.61. The first-order chi connectivity index (χ1) is 13.2. The van der Waals surface area contributed by atoms with Crippen LogP contribution in [0.2, 0.25) is 0 Å². The third-order valence-corrected chi connectivity index (χ3v) is 4.79. The van der Waals surface area contributed by atoms with Crippen molar-refractivity contribution >= 4 is 32.7 Å². The lowest BCUT2D eigenvalue weighted by molar-refractivity contribution is 1.39. The molecule has 0 saturated heterocycles. The van der Waals surface area contributed by atoms with Gasteiger partial charge in [-0.25, -0.2) is 0 Å². The van der Waals surface area contributed by atoms with Gasteiger partial charge in [-0.2, -0.15) is 5.26 Å². The van der Waals surface area contributed by atoms with E-state index in [4.69, 9.17) is 11.0 Å². The number of nitrogens with two attached hydrogens (primary N) is 1. The lowest BCUT2D eigenvalue weighted by atomic mass is 9.85. The number of nitrogens with zero attached hydrogens (tertiary/aromatic N) is 1. The first-order valence-corrected chi connectivity index (χ1v) is 8.92. The van der Waals surface area contributed by atoms with Crippen LogP contribution in [0.5, 0.6) is 0 Å². The third-order valence-electron chi connectivity index (χ3n) is 4.79. The van der Waals surface area contributed by atoms with Crippen LogP contribution >= 0.6 is 0 Å². The molecule has 2 nitrogen and oxygen atoms in total. The van der Waals surface area contributed by atoms with E-state index in [2.05, 4.69) is 49.1 Å². The van der Waals surface area contributed by atoms with Crippen molar-refractivity contribution in [2.24, 2.45) is 5.73 Å². The SMILES string of the molecule is C=C/C(=C\C)c1c2ccccc2c(C(/C=C(\N)C#N)=C/C)c2ccccc12. The second-order valence-corrected chi connectivity index (χ2v) is 6.24. The lowest BCUT2D eigenvalue weighted by Gasteiger charge is -2.18. The summed E-state index contributed by atoms with van der Waals surface area (Å²) in [7, 11) is 0. The fourth-order valence-corrected chi connectivity index (χ4v) is 3.61. The van der Waals surface area contributed by atoms with E-state index in [0.29, 0.717) is 0 Å². The van der Waals surface area contributed by atoms with Gasteiger partial charge in [-0.15, -0.1) is 0 Å². The Morgan fingerprint density at radius 1 is 0.852 bits per heavy atom. The number of nitriles is 1. The Hall–Kier alpha value is -3.57. The third kappa shape index (κ3) is 3.16. The van der Waals surface area contributed by atoms with Gasteiger partial charge in [-0.1, -0.05) is 73.3 Å². The summed E-state index contributed by atoms with van der Waals surface area (Å²) < 4.78 is 0. The highest BCUT2D eigenvalue weighted by Gasteiger charge is 2.16. The first-order valence-electron chi connectivity index (χ1n) is 8.92. The molecule has 0 unspecified atom stereocenters. The Labute approximate surface area is 160 Å². The topological polar surface area (TPSA) is 49.8 Å². The minimum Gasteiger partial charge on any atom is -0.390 e. The molecule has 0 spiro atoms. The monoisotopic (exact) mass is 350 g/mol. The van der Waals surface area contributed by atoms with Gasteiger partial charge in [0.05, 0.1) is 0 Å². The van der Waals surface area contributed by atoms with Gasteiger partial charge in [0, 0.05) is 0 Å². The van der Waals surface area contributed by atoms with Crippen molar-refractivity contribution in [3.63, 3.8) is 0 Å². The van der Waals surface area contributed by atoms with Crippen LogP contribution in [0.15, 0.2) is 85.1 Å². The summed E-state index contributed by atoms with van der Waals surface area (Å²) in [5.41, 5.74) is 10.3. The van der Waals surface area contributed by atoms with Crippen LogP contribution in [0.3, 0.4) is 0 Å². The Morgan fingerprint density at radius 2 is 1.26 bits per heavy atom. The lowest BCUT2D eigenvalue weighted by Crippen LogP contribution is -1.97. The predicted octanol–water partition coefficient (Wildman–Crippen LogP) is 6.35. The first kappa shape index (κ1) is 18.2. The summed E-state index contributed by atoms with van der Waals surface area (Å²) >= 11 is 0. The van der Waals surface area contributed by atoms with E-state index in [0.717, 1.165) is 38.3 Å². The molecule has 0 aliphatic rings. The molecule has 132 valence electrons. The average molecular weight is 350 g/mol. The molecular weight excluding hydrogens is 328 g/mol. The maximum Gasteiger partial charge on any atom is 0.117 e. The van der Waals surface area contributed by atoms with Gasteiger partial charge in [0.15, 0.2) is 0 Å². The van der Waals surface area contributed by atoms with E-state index >= 15 is 0 Å². The van der Waals surface area contributed by atoms with Gasteiger partial charge < -0.3 is 5.73 Å². The van der Waals surface area contributed by atoms with E-state index in [-0.39, 0.29) is 5.70 Å². The van der Waals surface area contributed by atoms with Crippen molar-refractivity contribution in [2.75, 3.05) is 0 Å². The zero-order valence-electron chi connectivity index (χ0n) is 15.7. The highest BCUT2D eigenvalue weighted by Crippen LogP contribution is 2.40.